The maximum absolute atomic E-state index is 13.7. The Balaban J connectivity index is 1.53. The highest BCUT2D eigenvalue weighted by molar-refractivity contribution is 5.54. The molecule has 1 saturated heterocycles. The van der Waals surface area contributed by atoms with E-state index in [-0.39, 0.29) is 17.8 Å². The molecule has 0 bridgehead atoms. The molecule has 0 amide bonds. The Morgan fingerprint density at radius 1 is 1.40 bits per heavy atom. The zero-order chi connectivity index (χ0) is 17.9. The molecule has 1 aliphatic rings. The molecular formula is C19H26FN3O2. The third-order valence-electron chi connectivity index (χ3n) is 5.00. The zero-order valence-electron chi connectivity index (χ0n) is 15.0. The first-order valence-corrected chi connectivity index (χ1v) is 8.91. The molecule has 6 heteroatoms. The fraction of sp³-hybridized carbons (Fsp3) is 0.579. The summed E-state index contributed by atoms with van der Waals surface area (Å²) in [6, 6.07) is 4.96. The minimum Gasteiger partial charge on any atom is -0.396 e. The van der Waals surface area contributed by atoms with Gasteiger partial charge in [0.1, 0.15) is 5.82 Å². The molecule has 0 aliphatic carbocycles. The molecule has 1 N–H and O–H groups in total. The van der Waals surface area contributed by atoms with Crippen LogP contribution in [0.5, 0.6) is 0 Å². The van der Waals surface area contributed by atoms with Gasteiger partial charge in [-0.2, -0.15) is 4.98 Å². The molecule has 1 fully saturated rings. The van der Waals surface area contributed by atoms with Gasteiger partial charge in [-0.1, -0.05) is 24.2 Å². The van der Waals surface area contributed by atoms with Gasteiger partial charge in [-0.25, -0.2) is 4.39 Å². The minimum atomic E-state index is -0.263. The van der Waals surface area contributed by atoms with Crippen LogP contribution >= 0.6 is 0 Å². The van der Waals surface area contributed by atoms with Crippen molar-refractivity contribution >= 4 is 0 Å². The maximum Gasteiger partial charge on any atom is 0.227 e. The predicted molar refractivity (Wildman–Crippen MR) is 93.6 cm³/mol. The summed E-state index contributed by atoms with van der Waals surface area (Å²) in [4.78, 5) is 6.77. The van der Waals surface area contributed by atoms with Crippen molar-refractivity contribution < 1.29 is 14.0 Å². The topological polar surface area (TPSA) is 62.4 Å². The van der Waals surface area contributed by atoms with Crippen LogP contribution in [-0.4, -0.2) is 46.4 Å². The van der Waals surface area contributed by atoms with Gasteiger partial charge in [-0.3, -0.25) is 0 Å². The lowest BCUT2D eigenvalue weighted by molar-refractivity contribution is 0.0460. The van der Waals surface area contributed by atoms with Crippen molar-refractivity contribution in [3.8, 4) is 11.4 Å². The second kappa shape index (κ2) is 7.62. The van der Waals surface area contributed by atoms with E-state index in [9.17, 15) is 9.50 Å². The highest BCUT2D eigenvalue weighted by Crippen LogP contribution is 2.28. The fourth-order valence-corrected chi connectivity index (χ4v) is 3.41. The number of hydrogen-bond acceptors (Lipinski definition) is 5. The van der Waals surface area contributed by atoms with Crippen LogP contribution in [0.1, 0.15) is 37.6 Å². The Labute approximate surface area is 147 Å². The summed E-state index contributed by atoms with van der Waals surface area (Å²) in [7, 11) is 0. The number of hydrogen-bond donors (Lipinski definition) is 1. The molecule has 2 aromatic rings. The minimum absolute atomic E-state index is 0.0193. The first-order chi connectivity index (χ1) is 12.0. The molecule has 2 heterocycles. The van der Waals surface area contributed by atoms with Crippen LogP contribution in [0, 0.1) is 18.2 Å². The molecule has 0 saturated carbocycles. The molecule has 1 unspecified atom stereocenters. The molecule has 3 rings (SSSR count). The largest absolute Gasteiger partial charge is 0.396 e. The average molecular weight is 347 g/mol. The summed E-state index contributed by atoms with van der Waals surface area (Å²) in [5.74, 6) is 0.749. The Kier molecular flexibility index (Phi) is 5.49. The van der Waals surface area contributed by atoms with Gasteiger partial charge >= 0.3 is 0 Å². The molecule has 1 atom stereocenters. The summed E-state index contributed by atoms with van der Waals surface area (Å²) in [5, 5.41) is 13.5. The second-order valence-electron chi connectivity index (χ2n) is 7.43. The summed E-state index contributed by atoms with van der Waals surface area (Å²) < 4.78 is 19.0. The van der Waals surface area contributed by atoms with Crippen molar-refractivity contribution in [3.05, 3.63) is 35.5 Å². The van der Waals surface area contributed by atoms with Crippen LogP contribution in [0.15, 0.2) is 22.7 Å². The zero-order valence-corrected chi connectivity index (χ0v) is 15.0. The molecule has 25 heavy (non-hydrogen) atoms. The van der Waals surface area contributed by atoms with Gasteiger partial charge in [-0.05, 0) is 50.9 Å². The van der Waals surface area contributed by atoms with E-state index < -0.39 is 0 Å². The van der Waals surface area contributed by atoms with Gasteiger partial charge in [-0.15, -0.1) is 0 Å². The molecule has 1 aromatic carbocycles. The Bertz CT molecular complexity index is 718. The van der Waals surface area contributed by atoms with Gasteiger partial charge in [0.2, 0.25) is 11.7 Å². The molecular weight excluding hydrogens is 321 g/mol. The van der Waals surface area contributed by atoms with Crippen LogP contribution in [0.25, 0.3) is 11.4 Å². The van der Waals surface area contributed by atoms with E-state index in [1.54, 1.807) is 19.1 Å². The summed E-state index contributed by atoms with van der Waals surface area (Å²) in [6.45, 7) is 7.07. The van der Waals surface area contributed by atoms with Gasteiger partial charge in [0.05, 0.1) is 0 Å². The van der Waals surface area contributed by atoms with E-state index in [1.807, 2.05) is 0 Å². The Morgan fingerprint density at radius 2 is 2.24 bits per heavy atom. The quantitative estimate of drug-likeness (QED) is 0.869. The van der Waals surface area contributed by atoms with Gasteiger partial charge in [0, 0.05) is 30.6 Å². The monoisotopic (exact) mass is 347 g/mol. The van der Waals surface area contributed by atoms with E-state index >= 15 is 0 Å². The Morgan fingerprint density at radius 3 is 3.00 bits per heavy atom. The number of benzene rings is 1. The van der Waals surface area contributed by atoms with Crippen LogP contribution in [0.3, 0.4) is 0 Å². The summed E-state index contributed by atoms with van der Waals surface area (Å²) in [6.07, 6.45) is 3.83. The summed E-state index contributed by atoms with van der Waals surface area (Å²) >= 11 is 0. The number of halogens is 1. The third kappa shape index (κ3) is 4.44. The van der Waals surface area contributed by atoms with Crippen molar-refractivity contribution in [1.29, 1.82) is 0 Å². The number of aliphatic hydroxyl groups excluding tert-OH is 1. The first kappa shape index (κ1) is 18.0. The summed E-state index contributed by atoms with van der Waals surface area (Å²) in [5.41, 5.74) is 1.25. The van der Waals surface area contributed by atoms with Gasteiger partial charge in [0.15, 0.2) is 0 Å². The lowest BCUT2D eigenvalue weighted by Gasteiger charge is -2.39. The number of aliphatic hydroxyl groups is 1. The van der Waals surface area contributed by atoms with E-state index in [0.29, 0.717) is 29.3 Å². The van der Waals surface area contributed by atoms with Crippen LogP contribution < -0.4 is 0 Å². The maximum atomic E-state index is 13.7. The van der Waals surface area contributed by atoms with E-state index in [4.69, 9.17) is 4.52 Å². The van der Waals surface area contributed by atoms with Crippen molar-refractivity contribution in [2.24, 2.45) is 5.41 Å². The molecule has 0 radical (unpaired) electrons. The first-order valence-electron chi connectivity index (χ1n) is 8.91. The van der Waals surface area contributed by atoms with Crippen molar-refractivity contribution in [2.75, 3.05) is 26.2 Å². The number of aromatic nitrogens is 2. The SMILES string of the molecule is Cc1ccc(-c2noc(CCCN3CCCC(C)(CO)C3)n2)cc1F. The number of piperidine rings is 1. The smallest absolute Gasteiger partial charge is 0.227 e. The highest BCUT2D eigenvalue weighted by Gasteiger charge is 2.29. The molecule has 1 aromatic heterocycles. The van der Waals surface area contributed by atoms with E-state index in [1.165, 1.54) is 6.07 Å². The molecule has 0 spiro atoms. The molecule has 136 valence electrons. The van der Waals surface area contributed by atoms with Crippen LogP contribution in [-0.2, 0) is 6.42 Å². The normalized spacial score (nSPS) is 21.6. The van der Waals surface area contributed by atoms with Gasteiger partial charge in [0.25, 0.3) is 0 Å². The number of aryl methyl sites for hydroxylation is 2. The predicted octanol–water partition coefficient (Wildman–Crippen LogP) is 3.21. The number of nitrogens with zero attached hydrogens (tertiary/aromatic N) is 3. The van der Waals surface area contributed by atoms with Crippen molar-refractivity contribution in [3.63, 3.8) is 0 Å². The standard InChI is InChI=1S/C19H26FN3O2/c1-14-6-7-15(11-16(14)20)18-21-17(25-22-18)5-3-9-23-10-4-8-19(2,12-23)13-24/h6-7,11,24H,3-5,8-10,12-13H2,1-2H3. The van der Waals surface area contributed by atoms with Crippen LogP contribution in [0.2, 0.25) is 0 Å². The fourth-order valence-electron chi connectivity index (χ4n) is 3.41. The number of likely N-dealkylation sites (tertiary alicyclic amines) is 1. The van der Waals surface area contributed by atoms with Crippen LogP contribution in [0.4, 0.5) is 4.39 Å². The number of rotatable bonds is 6. The third-order valence-corrected chi connectivity index (χ3v) is 5.00. The molecule has 5 nitrogen and oxygen atoms in total. The molecule has 1 aliphatic heterocycles. The Hall–Kier alpha value is -1.79. The van der Waals surface area contributed by atoms with Crippen molar-refractivity contribution in [1.82, 2.24) is 15.0 Å². The highest BCUT2D eigenvalue weighted by atomic mass is 19.1. The van der Waals surface area contributed by atoms with E-state index in [2.05, 4.69) is 22.0 Å². The van der Waals surface area contributed by atoms with E-state index in [0.717, 1.165) is 38.9 Å². The lowest BCUT2D eigenvalue weighted by Crippen LogP contribution is -2.43. The average Bonchev–Trinajstić information content (AvgIpc) is 3.06. The van der Waals surface area contributed by atoms with Crippen molar-refractivity contribution in [2.45, 2.75) is 39.5 Å². The van der Waals surface area contributed by atoms with Gasteiger partial charge < -0.3 is 14.5 Å². The second-order valence-corrected chi connectivity index (χ2v) is 7.43. The lowest BCUT2D eigenvalue weighted by atomic mass is 9.83.